The molecule has 0 heterocycles. The molecule has 3 N–H and O–H groups in total. The van der Waals surface area contributed by atoms with Crippen LogP contribution in [0.2, 0.25) is 0 Å². The predicted molar refractivity (Wildman–Crippen MR) is 99.6 cm³/mol. The van der Waals surface area contributed by atoms with Gasteiger partial charge in [0.2, 0.25) is 0 Å². The fraction of sp³-hybridized carbons (Fsp3) is 1.00. The molecule has 0 aliphatic carbocycles. The van der Waals surface area contributed by atoms with Crippen molar-refractivity contribution >= 4 is 15.9 Å². The van der Waals surface area contributed by atoms with Crippen LogP contribution in [0.1, 0.15) is 79.1 Å². The molecule has 5 heteroatoms. The summed E-state index contributed by atoms with van der Waals surface area (Å²) >= 11 is 0. The third-order valence-corrected chi connectivity index (χ3v) is 9.00. The Hall–Kier alpha value is 0.740. The minimum atomic E-state index is -2.62. The van der Waals surface area contributed by atoms with E-state index in [0.29, 0.717) is 0 Å². The minimum Gasteiger partial charge on any atom is -0.328 e. The van der Waals surface area contributed by atoms with E-state index < -0.39 is 15.9 Å². The highest BCUT2D eigenvalue weighted by atomic mass is 31.2. The molecular weight excluding hydrogens is 302 g/mol. The topological polar surface area (TPSA) is 60.7 Å². The highest BCUT2D eigenvalue weighted by Crippen LogP contribution is 2.61. The van der Waals surface area contributed by atoms with E-state index in [1.54, 1.807) is 24.6 Å². The molecule has 0 saturated carbocycles. The molecule has 0 aliphatic rings. The smallest absolute Gasteiger partial charge is 0.324 e. The van der Waals surface area contributed by atoms with Gasteiger partial charge in [-0.25, -0.2) is 0 Å². The lowest BCUT2D eigenvalue weighted by Gasteiger charge is -2.28. The Bertz CT molecular complexity index is 162. The van der Waals surface area contributed by atoms with Gasteiger partial charge in [0.1, 0.15) is 0 Å². The van der Waals surface area contributed by atoms with Crippen molar-refractivity contribution in [2.24, 2.45) is 0 Å². The molecule has 0 radical (unpaired) electrons. The summed E-state index contributed by atoms with van der Waals surface area (Å²) < 4.78 is 0. The highest BCUT2D eigenvalue weighted by molar-refractivity contribution is 7.75. The summed E-state index contributed by atoms with van der Waals surface area (Å²) in [6.07, 6.45) is 17.9. The largest absolute Gasteiger partial charge is 0.328 e. The molecule has 0 aromatic rings. The van der Waals surface area contributed by atoms with Crippen LogP contribution in [0.15, 0.2) is 0 Å². The van der Waals surface area contributed by atoms with Crippen molar-refractivity contribution in [2.45, 2.75) is 79.1 Å². The van der Waals surface area contributed by atoms with Gasteiger partial charge in [0.15, 0.2) is 0 Å². The van der Waals surface area contributed by atoms with Crippen LogP contribution in [0.25, 0.3) is 0 Å². The zero-order valence-corrected chi connectivity index (χ0v) is 16.5. The maximum atomic E-state index is 7.23. The summed E-state index contributed by atoms with van der Waals surface area (Å²) in [6.45, 7) is 9.42. The van der Waals surface area contributed by atoms with Crippen molar-refractivity contribution in [3.63, 3.8) is 0 Å². The van der Waals surface area contributed by atoms with Gasteiger partial charge in [-0.05, 0) is 25.7 Å². The summed E-state index contributed by atoms with van der Waals surface area (Å²) in [7, 11) is -3.18. The average Bonchev–Trinajstić information content (AvgIpc) is 2.45. The molecule has 0 saturated heterocycles. The number of hydrogen-bond donors (Lipinski definition) is 3. The third kappa shape index (κ3) is 16.9. The summed E-state index contributed by atoms with van der Waals surface area (Å²) in [5, 5.41) is 0. The summed E-state index contributed by atoms with van der Waals surface area (Å²) in [5.74, 6) is 0. The Kier molecular flexibility index (Phi) is 19.5. The molecule has 0 aliphatic heterocycles. The Morgan fingerprint density at radius 3 is 0.905 bits per heavy atom. The molecule has 0 aromatic heterocycles. The first-order chi connectivity index (χ1) is 9.97. The second-order valence-corrected chi connectivity index (χ2v) is 10.9. The quantitative estimate of drug-likeness (QED) is 0.417. The van der Waals surface area contributed by atoms with E-state index in [1.165, 1.54) is 51.4 Å². The van der Waals surface area contributed by atoms with Crippen LogP contribution < -0.4 is 0 Å². The monoisotopic (exact) mass is 341 g/mol. The molecule has 130 valence electrons. The van der Waals surface area contributed by atoms with Gasteiger partial charge < -0.3 is 14.7 Å². The lowest BCUT2D eigenvalue weighted by molar-refractivity contribution is 0.368. The Morgan fingerprint density at radius 2 is 0.762 bits per heavy atom. The molecule has 21 heavy (non-hydrogen) atoms. The van der Waals surface area contributed by atoms with Crippen molar-refractivity contribution in [1.29, 1.82) is 0 Å². The van der Waals surface area contributed by atoms with Gasteiger partial charge in [-0.15, -0.1) is 0 Å². The first-order valence-corrected chi connectivity index (χ1v) is 12.4. The molecular formula is C16H39O3P2+. The van der Waals surface area contributed by atoms with Gasteiger partial charge in [-0.1, -0.05) is 53.4 Å². The maximum absolute atomic E-state index is 7.23. The second-order valence-electron chi connectivity index (χ2n) is 5.92. The van der Waals surface area contributed by atoms with Gasteiger partial charge in [0, 0.05) is 7.26 Å². The van der Waals surface area contributed by atoms with E-state index in [1.807, 2.05) is 0 Å². The first kappa shape index (κ1) is 24.0. The van der Waals surface area contributed by atoms with Gasteiger partial charge in [-0.3, -0.25) is 0 Å². The van der Waals surface area contributed by atoms with Crippen LogP contribution in [-0.2, 0) is 0 Å². The second kappa shape index (κ2) is 17.1. The lowest BCUT2D eigenvalue weighted by Crippen LogP contribution is -2.12. The molecule has 0 amide bonds. The Balaban J connectivity index is 0. The van der Waals surface area contributed by atoms with Crippen LogP contribution in [0.5, 0.6) is 0 Å². The van der Waals surface area contributed by atoms with Crippen molar-refractivity contribution in [2.75, 3.05) is 24.6 Å². The van der Waals surface area contributed by atoms with Crippen molar-refractivity contribution in [3.8, 4) is 0 Å². The number of rotatable bonds is 12. The van der Waals surface area contributed by atoms with Crippen LogP contribution in [0, 0.1) is 0 Å². The first-order valence-electron chi connectivity index (χ1n) is 8.69. The van der Waals surface area contributed by atoms with E-state index in [-0.39, 0.29) is 0 Å². The molecule has 0 spiro atoms. The fourth-order valence-electron chi connectivity index (χ4n) is 2.64. The number of unbranched alkanes of at least 4 members (excludes halogenated alkanes) is 4. The molecule has 0 unspecified atom stereocenters. The van der Waals surface area contributed by atoms with Crippen LogP contribution in [-0.4, -0.2) is 39.3 Å². The zero-order valence-electron chi connectivity index (χ0n) is 14.7. The molecule has 0 fully saturated rings. The SMILES string of the molecule is CCCC[P+](CCCC)(CCCC)CCCC.OP(O)O. The Labute approximate surface area is 134 Å². The van der Waals surface area contributed by atoms with Crippen molar-refractivity contribution in [1.82, 2.24) is 0 Å². The normalized spacial score (nSPS) is 11.4. The van der Waals surface area contributed by atoms with Crippen LogP contribution >= 0.6 is 15.9 Å². The average molecular weight is 341 g/mol. The standard InChI is InChI=1S/C16H36P.H3O3P/c1-5-9-13-17(14-10-6-2,15-11-7-3)16-12-8-4;1-4(2)3/h5-16H2,1-4H3;1-3H/q+1;. The highest BCUT2D eigenvalue weighted by Gasteiger charge is 2.34. The van der Waals surface area contributed by atoms with E-state index in [2.05, 4.69) is 27.7 Å². The molecule has 0 aromatic carbocycles. The van der Waals surface area contributed by atoms with Gasteiger partial charge in [0.25, 0.3) is 0 Å². The van der Waals surface area contributed by atoms with E-state index in [4.69, 9.17) is 14.7 Å². The van der Waals surface area contributed by atoms with Gasteiger partial charge in [-0.2, -0.15) is 0 Å². The van der Waals surface area contributed by atoms with Gasteiger partial charge >= 0.3 is 8.60 Å². The molecule has 0 bridgehead atoms. The summed E-state index contributed by atoms with van der Waals surface area (Å²) in [6, 6.07) is 0. The molecule has 0 atom stereocenters. The molecule has 3 nitrogen and oxygen atoms in total. The van der Waals surface area contributed by atoms with E-state index >= 15 is 0 Å². The van der Waals surface area contributed by atoms with E-state index in [0.717, 1.165) is 0 Å². The predicted octanol–water partition coefficient (Wildman–Crippen LogP) is 5.39. The van der Waals surface area contributed by atoms with Crippen LogP contribution in [0.4, 0.5) is 0 Å². The van der Waals surface area contributed by atoms with Crippen LogP contribution in [0.3, 0.4) is 0 Å². The van der Waals surface area contributed by atoms with Crippen molar-refractivity contribution < 1.29 is 14.7 Å². The maximum Gasteiger partial charge on any atom is 0.324 e. The summed E-state index contributed by atoms with van der Waals surface area (Å²) in [4.78, 5) is 21.7. The molecule has 0 rings (SSSR count). The number of hydrogen-bond acceptors (Lipinski definition) is 3. The zero-order chi connectivity index (χ0) is 16.6. The van der Waals surface area contributed by atoms with Gasteiger partial charge in [0.05, 0.1) is 24.6 Å². The van der Waals surface area contributed by atoms with E-state index in [9.17, 15) is 0 Å². The third-order valence-electron chi connectivity index (χ3n) is 3.94. The Morgan fingerprint density at radius 1 is 0.571 bits per heavy atom. The summed E-state index contributed by atoms with van der Waals surface area (Å²) in [5.41, 5.74) is 0. The minimum absolute atomic E-state index is 0.562. The lowest BCUT2D eigenvalue weighted by atomic mass is 10.4. The fourth-order valence-corrected chi connectivity index (χ4v) is 7.93. The van der Waals surface area contributed by atoms with Crippen molar-refractivity contribution in [3.05, 3.63) is 0 Å².